The minimum atomic E-state index is -0.455. The van der Waals surface area contributed by atoms with E-state index in [0.29, 0.717) is 28.5 Å². The van der Waals surface area contributed by atoms with Gasteiger partial charge in [-0.05, 0) is 18.9 Å². The lowest BCUT2D eigenvalue weighted by molar-refractivity contribution is -0.383. The maximum Gasteiger partial charge on any atom is 0.282 e. The van der Waals surface area contributed by atoms with E-state index in [9.17, 15) is 10.1 Å². The average Bonchev–Trinajstić information content (AvgIpc) is 3.20. The van der Waals surface area contributed by atoms with E-state index in [1.807, 2.05) is 0 Å². The highest BCUT2D eigenvalue weighted by molar-refractivity contribution is 5.96. The summed E-state index contributed by atoms with van der Waals surface area (Å²) in [5.74, 6) is 6.79. The van der Waals surface area contributed by atoms with Gasteiger partial charge in [0.15, 0.2) is 5.82 Å². The van der Waals surface area contributed by atoms with Crippen LogP contribution in [0.4, 0.5) is 11.5 Å². The molecule has 1 aromatic carbocycles. The first kappa shape index (κ1) is 10.8. The van der Waals surface area contributed by atoms with E-state index in [1.54, 1.807) is 12.1 Å². The van der Waals surface area contributed by atoms with Crippen LogP contribution in [0.2, 0.25) is 0 Å². The summed E-state index contributed by atoms with van der Waals surface area (Å²) >= 11 is 0. The molecule has 18 heavy (non-hydrogen) atoms. The van der Waals surface area contributed by atoms with Crippen LogP contribution in [-0.4, -0.2) is 14.9 Å². The number of hydrogen-bond donors (Lipinski definition) is 2. The van der Waals surface area contributed by atoms with Crippen LogP contribution in [0.3, 0.4) is 0 Å². The maximum absolute atomic E-state index is 11.0. The molecule has 1 fully saturated rings. The van der Waals surface area contributed by atoms with Gasteiger partial charge in [-0.15, -0.1) is 0 Å². The van der Waals surface area contributed by atoms with E-state index >= 15 is 0 Å². The van der Waals surface area contributed by atoms with Crippen molar-refractivity contribution in [3.8, 4) is 0 Å². The number of aromatic nitrogens is 2. The number of hydrogen-bond acceptors (Lipinski definition) is 6. The first-order chi connectivity index (χ1) is 8.70. The van der Waals surface area contributed by atoms with Crippen LogP contribution in [0.1, 0.15) is 24.6 Å². The van der Waals surface area contributed by atoms with Crippen molar-refractivity contribution in [3.05, 3.63) is 34.1 Å². The van der Waals surface area contributed by atoms with Crippen molar-refractivity contribution in [2.24, 2.45) is 5.84 Å². The van der Waals surface area contributed by atoms with Gasteiger partial charge < -0.3 is 5.43 Å². The third kappa shape index (κ3) is 1.65. The lowest BCUT2D eigenvalue weighted by Gasteiger charge is -2.07. The summed E-state index contributed by atoms with van der Waals surface area (Å²) in [5.41, 5.74) is 2.94. The van der Waals surface area contributed by atoms with Crippen LogP contribution >= 0.6 is 0 Å². The van der Waals surface area contributed by atoms with Gasteiger partial charge in [-0.2, -0.15) is 0 Å². The monoisotopic (exact) mass is 245 g/mol. The summed E-state index contributed by atoms with van der Waals surface area (Å²) in [7, 11) is 0. The highest BCUT2D eigenvalue weighted by Gasteiger charge is 2.28. The van der Waals surface area contributed by atoms with Crippen LogP contribution in [0.5, 0.6) is 0 Å². The Morgan fingerprint density at radius 1 is 1.39 bits per heavy atom. The molecule has 0 radical (unpaired) electrons. The summed E-state index contributed by atoms with van der Waals surface area (Å²) < 4.78 is 0. The number of benzene rings is 1. The number of fused-ring (bicyclic) bond motifs is 1. The molecule has 3 rings (SSSR count). The number of anilines is 1. The Labute approximate surface area is 102 Å². The Bertz CT molecular complexity index is 639. The van der Waals surface area contributed by atoms with E-state index in [4.69, 9.17) is 5.84 Å². The SMILES string of the molecule is NNc1nc(C2CC2)nc2cccc([N+](=O)[O-])c12. The van der Waals surface area contributed by atoms with Gasteiger partial charge in [0.05, 0.1) is 10.4 Å². The first-order valence-corrected chi connectivity index (χ1v) is 5.62. The third-order valence-electron chi connectivity index (χ3n) is 2.99. The lowest BCUT2D eigenvalue weighted by Crippen LogP contribution is -2.11. The van der Waals surface area contributed by atoms with Gasteiger partial charge in [0.25, 0.3) is 5.69 Å². The van der Waals surface area contributed by atoms with Crippen molar-refractivity contribution in [2.75, 3.05) is 5.43 Å². The quantitative estimate of drug-likeness (QED) is 0.484. The lowest BCUT2D eigenvalue weighted by atomic mass is 10.2. The Hall–Kier alpha value is -2.28. The predicted molar refractivity (Wildman–Crippen MR) is 66.0 cm³/mol. The standard InChI is InChI=1S/C11H11N5O2/c12-15-11-9-7(2-1-3-8(9)16(17)18)13-10(14-11)6-4-5-6/h1-3,6H,4-5,12H2,(H,13,14,15). The van der Waals surface area contributed by atoms with Gasteiger partial charge in [0.1, 0.15) is 11.2 Å². The number of nitrogens with one attached hydrogen (secondary N) is 1. The molecule has 0 unspecified atom stereocenters. The Morgan fingerprint density at radius 3 is 2.78 bits per heavy atom. The summed E-state index contributed by atoms with van der Waals surface area (Å²) in [6, 6.07) is 4.77. The Kier molecular flexibility index (Phi) is 2.34. The minimum absolute atomic E-state index is 0.0391. The molecule has 7 nitrogen and oxygen atoms in total. The average molecular weight is 245 g/mol. The number of nitrogen functional groups attached to an aromatic ring is 1. The summed E-state index contributed by atoms with van der Waals surface area (Å²) in [5, 5.41) is 11.4. The number of nitro benzene ring substituents is 1. The molecule has 0 aliphatic heterocycles. The fraction of sp³-hybridized carbons (Fsp3) is 0.273. The molecular weight excluding hydrogens is 234 g/mol. The highest BCUT2D eigenvalue weighted by Crippen LogP contribution is 2.40. The molecule has 0 amide bonds. The summed E-state index contributed by atoms with van der Waals surface area (Å²) in [4.78, 5) is 19.2. The van der Waals surface area contributed by atoms with Crippen molar-refractivity contribution in [3.63, 3.8) is 0 Å². The van der Waals surface area contributed by atoms with Gasteiger partial charge in [-0.3, -0.25) is 10.1 Å². The normalized spacial score (nSPS) is 14.7. The first-order valence-electron chi connectivity index (χ1n) is 5.62. The third-order valence-corrected chi connectivity index (χ3v) is 2.99. The molecule has 0 atom stereocenters. The number of nitro groups is 1. The van der Waals surface area contributed by atoms with Crippen molar-refractivity contribution in [2.45, 2.75) is 18.8 Å². The number of non-ortho nitro benzene ring substituents is 1. The molecule has 1 aliphatic rings. The van der Waals surface area contributed by atoms with Crippen LogP contribution in [0, 0.1) is 10.1 Å². The van der Waals surface area contributed by atoms with Gasteiger partial charge >= 0.3 is 0 Å². The molecule has 1 aliphatic carbocycles. The van der Waals surface area contributed by atoms with Crippen molar-refractivity contribution >= 4 is 22.4 Å². The zero-order valence-corrected chi connectivity index (χ0v) is 9.46. The van der Waals surface area contributed by atoms with Crippen molar-refractivity contribution < 1.29 is 4.92 Å². The molecule has 0 spiro atoms. The molecule has 1 saturated carbocycles. The van der Waals surface area contributed by atoms with Crippen molar-refractivity contribution in [1.29, 1.82) is 0 Å². The van der Waals surface area contributed by atoms with Gasteiger partial charge in [0.2, 0.25) is 0 Å². The molecule has 0 saturated heterocycles. The second kappa shape index (κ2) is 3.88. The van der Waals surface area contributed by atoms with E-state index in [-0.39, 0.29) is 5.69 Å². The number of nitrogens with zero attached hydrogens (tertiary/aromatic N) is 3. The van der Waals surface area contributed by atoms with Crippen LogP contribution in [-0.2, 0) is 0 Å². The molecule has 7 heteroatoms. The molecule has 1 aromatic heterocycles. The van der Waals surface area contributed by atoms with Crippen molar-refractivity contribution in [1.82, 2.24) is 9.97 Å². The van der Waals surface area contributed by atoms with E-state index in [2.05, 4.69) is 15.4 Å². The van der Waals surface area contributed by atoms with E-state index in [0.717, 1.165) is 12.8 Å². The highest BCUT2D eigenvalue weighted by atomic mass is 16.6. The molecule has 92 valence electrons. The van der Waals surface area contributed by atoms with Gasteiger partial charge in [0, 0.05) is 12.0 Å². The Morgan fingerprint density at radius 2 is 2.17 bits per heavy atom. The van der Waals surface area contributed by atoms with E-state index < -0.39 is 4.92 Å². The maximum atomic E-state index is 11.0. The number of rotatable bonds is 3. The molecule has 1 heterocycles. The number of nitrogens with two attached hydrogens (primary N) is 1. The van der Waals surface area contributed by atoms with E-state index in [1.165, 1.54) is 6.07 Å². The fourth-order valence-electron chi connectivity index (χ4n) is 1.96. The zero-order chi connectivity index (χ0) is 12.7. The molecule has 0 bridgehead atoms. The smallest absolute Gasteiger partial charge is 0.282 e. The molecular formula is C11H11N5O2. The molecule has 2 aromatic rings. The Balaban J connectivity index is 2.31. The fourth-order valence-corrected chi connectivity index (χ4v) is 1.96. The predicted octanol–water partition coefficient (Wildman–Crippen LogP) is 1.70. The van der Waals surface area contributed by atoms with Crippen LogP contribution < -0.4 is 11.3 Å². The van der Waals surface area contributed by atoms with Crippen LogP contribution in [0.25, 0.3) is 10.9 Å². The number of hydrazine groups is 1. The minimum Gasteiger partial charge on any atom is -0.308 e. The van der Waals surface area contributed by atoms with Gasteiger partial charge in [-0.1, -0.05) is 6.07 Å². The summed E-state index contributed by atoms with van der Waals surface area (Å²) in [6.45, 7) is 0. The topological polar surface area (TPSA) is 107 Å². The summed E-state index contributed by atoms with van der Waals surface area (Å²) in [6.07, 6.45) is 2.12. The largest absolute Gasteiger partial charge is 0.308 e. The molecule has 3 N–H and O–H groups in total. The second-order valence-electron chi connectivity index (χ2n) is 4.28. The van der Waals surface area contributed by atoms with Gasteiger partial charge in [-0.25, -0.2) is 15.8 Å². The second-order valence-corrected chi connectivity index (χ2v) is 4.28. The zero-order valence-electron chi connectivity index (χ0n) is 9.46. The van der Waals surface area contributed by atoms with Crippen LogP contribution in [0.15, 0.2) is 18.2 Å².